The second-order valence-corrected chi connectivity index (χ2v) is 5.78. The third-order valence-corrected chi connectivity index (χ3v) is 3.91. The number of pyridine rings is 1. The molecule has 0 aliphatic carbocycles. The summed E-state index contributed by atoms with van der Waals surface area (Å²) in [5, 5.41) is 2.84. The van der Waals surface area contributed by atoms with Crippen molar-refractivity contribution >= 4 is 11.6 Å². The zero-order valence-electron chi connectivity index (χ0n) is 13.7. The highest BCUT2D eigenvalue weighted by Crippen LogP contribution is 2.14. The van der Waals surface area contributed by atoms with E-state index < -0.39 is 0 Å². The Kier molecular flexibility index (Phi) is 4.75. The minimum atomic E-state index is -0.331. The average Bonchev–Trinajstić information content (AvgIpc) is 2.60. The number of nitrogens with one attached hydrogen (secondary N) is 1. The number of anilines is 1. The number of hydrogen-bond acceptors (Lipinski definition) is 2. The summed E-state index contributed by atoms with van der Waals surface area (Å²) in [4.78, 5) is 24.5. The van der Waals surface area contributed by atoms with E-state index in [1.807, 2.05) is 31.2 Å². The van der Waals surface area contributed by atoms with Crippen molar-refractivity contribution in [3.8, 4) is 0 Å². The van der Waals surface area contributed by atoms with Gasteiger partial charge in [0.2, 0.25) is 0 Å². The molecule has 0 unspecified atom stereocenters. The van der Waals surface area contributed by atoms with Crippen molar-refractivity contribution in [3.05, 3.63) is 99.7 Å². The molecule has 0 fully saturated rings. The number of aryl methyl sites for hydroxylation is 1. The maximum atomic E-state index is 13.0. The summed E-state index contributed by atoms with van der Waals surface area (Å²) < 4.78 is 14.4. The van der Waals surface area contributed by atoms with Crippen molar-refractivity contribution in [2.45, 2.75) is 13.5 Å². The Morgan fingerprint density at radius 1 is 1.04 bits per heavy atom. The molecule has 25 heavy (non-hydrogen) atoms. The fourth-order valence-electron chi connectivity index (χ4n) is 2.48. The largest absolute Gasteiger partial charge is 0.322 e. The number of amides is 1. The van der Waals surface area contributed by atoms with Gasteiger partial charge in [-0.3, -0.25) is 9.59 Å². The molecule has 0 aliphatic rings. The van der Waals surface area contributed by atoms with E-state index in [0.717, 1.165) is 16.8 Å². The Hall–Kier alpha value is -3.21. The van der Waals surface area contributed by atoms with Crippen molar-refractivity contribution in [2.75, 3.05) is 5.32 Å². The van der Waals surface area contributed by atoms with Crippen LogP contribution in [0.25, 0.3) is 0 Å². The van der Waals surface area contributed by atoms with Gasteiger partial charge >= 0.3 is 0 Å². The lowest BCUT2D eigenvalue weighted by molar-refractivity contribution is 0.102. The first-order chi connectivity index (χ1) is 12.0. The number of hydrogen-bond donors (Lipinski definition) is 1. The van der Waals surface area contributed by atoms with Crippen molar-refractivity contribution in [1.82, 2.24) is 4.57 Å². The molecule has 0 bridgehead atoms. The number of nitrogens with zero attached hydrogens (tertiary/aromatic N) is 1. The van der Waals surface area contributed by atoms with E-state index in [2.05, 4.69) is 5.32 Å². The Morgan fingerprint density at radius 2 is 1.76 bits per heavy atom. The summed E-state index contributed by atoms with van der Waals surface area (Å²) in [5.74, 6) is -0.621. The molecule has 1 N–H and O–H groups in total. The van der Waals surface area contributed by atoms with Crippen LogP contribution in [0.1, 0.15) is 21.5 Å². The van der Waals surface area contributed by atoms with Crippen LogP contribution in [0.3, 0.4) is 0 Å². The van der Waals surface area contributed by atoms with Crippen molar-refractivity contribution in [2.24, 2.45) is 0 Å². The van der Waals surface area contributed by atoms with Gasteiger partial charge in [0.05, 0.1) is 12.1 Å². The molecular formula is C20H17FN2O2. The van der Waals surface area contributed by atoms with Crippen LogP contribution < -0.4 is 10.9 Å². The number of aromatic nitrogens is 1. The van der Waals surface area contributed by atoms with Gasteiger partial charge in [-0.25, -0.2) is 4.39 Å². The summed E-state index contributed by atoms with van der Waals surface area (Å²) in [6.45, 7) is 2.18. The molecule has 1 amide bonds. The predicted molar refractivity (Wildman–Crippen MR) is 95.3 cm³/mol. The lowest BCUT2D eigenvalue weighted by atomic mass is 10.2. The molecular weight excluding hydrogens is 319 g/mol. The molecule has 126 valence electrons. The first-order valence-electron chi connectivity index (χ1n) is 7.85. The SMILES string of the molecule is Cc1ccccc1NC(=O)c1ccc(=O)n(Cc2ccc(F)cc2)c1. The maximum Gasteiger partial charge on any atom is 0.257 e. The number of carbonyl (C=O) groups is 1. The number of benzene rings is 2. The minimum Gasteiger partial charge on any atom is -0.322 e. The molecule has 3 rings (SSSR count). The standard InChI is InChI=1S/C20H17FN2O2/c1-14-4-2-3-5-18(14)22-20(25)16-8-11-19(24)23(13-16)12-15-6-9-17(21)10-7-15/h2-11,13H,12H2,1H3,(H,22,25). The van der Waals surface area contributed by atoms with Crippen LogP contribution in [0, 0.1) is 12.7 Å². The predicted octanol–water partition coefficient (Wildman–Crippen LogP) is 3.60. The maximum absolute atomic E-state index is 13.0. The van der Waals surface area contributed by atoms with E-state index in [1.54, 1.807) is 12.1 Å². The van der Waals surface area contributed by atoms with E-state index in [-0.39, 0.29) is 23.8 Å². The molecule has 0 aliphatic heterocycles. The third-order valence-electron chi connectivity index (χ3n) is 3.91. The summed E-state index contributed by atoms with van der Waals surface area (Å²) >= 11 is 0. The van der Waals surface area contributed by atoms with Gasteiger partial charge in [-0.15, -0.1) is 0 Å². The average molecular weight is 336 g/mol. The molecule has 1 aromatic heterocycles. The Balaban J connectivity index is 1.83. The van der Waals surface area contributed by atoms with Gasteiger partial charge in [0.15, 0.2) is 0 Å². The van der Waals surface area contributed by atoms with Gasteiger partial charge in [-0.1, -0.05) is 30.3 Å². The van der Waals surface area contributed by atoms with E-state index in [0.29, 0.717) is 5.56 Å². The highest BCUT2D eigenvalue weighted by atomic mass is 19.1. The monoisotopic (exact) mass is 336 g/mol. The molecule has 0 radical (unpaired) electrons. The van der Waals surface area contributed by atoms with Gasteiger partial charge in [0.1, 0.15) is 5.82 Å². The second kappa shape index (κ2) is 7.13. The smallest absolute Gasteiger partial charge is 0.257 e. The summed E-state index contributed by atoms with van der Waals surface area (Å²) in [6.07, 6.45) is 1.51. The Bertz CT molecular complexity index is 962. The molecule has 0 atom stereocenters. The number of para-hydroxylation sites is 1. The second-order valence-electron chi connectivity index (χ2n) is 5.78. The summed E-state index contributed by atoms with van der Waals surface area (Å²) in [5.41, 5.74) is 2.61. The molecule has 0 saturated carbocycles. The van der Waals surface area contributed by atoms with Crippen molar-refractivity contribution < 1.29 is 9.18 Å². The van der Waals surface area contributed by atoms with Gasteiger partial charge in [-0.2, -0.15) is 0 Å². The minimum absolute atomic E-state index is 0.225. The number of halogens is 1. The molecule has 4 nitrogen and oxygen atoms in total. The Labute approximate surface area is 144 Å². The zero-order chi connectivity index (χ0) is 17.8. The third kappa shape index (κ3) is 4.01. The molecule has 3 aromatic rings. The van der Waals surface area contributed by atoms with E-state index >= 15 is 0 Å². The quantitative estimate of drug-likeness (QED) is 0.791. The van der Waals surface area contributed by atoms with Crippen LogP contribution in [0.4, 0.5) is 10.1 Å². The first kappa shape index (κ1) is 16.6. The van der Waals surface area contributed by atoms with E-state index in [1.165, 1.54) is 35.0 Å². The zero-order valence-corrected chi connectivity index (χ0v) is 13.7. The van der Waals surface area contributed by atoms with Gasteiger partial charge in [0, 0.05) is 18.0 Å². The summed E-state index contributed by atoms with van der Waals surface area (Å²) in [7, 11) is 0. The molecule has 5 heteroatoms. The van der Waals surface area contributed by atoms with Crippen LogP contribution in [-0.4, -0.2) is 10.5 Å². The number of carbonyl (C=O) groups excluding carboxylic acids is 1. The van der Waals surface area contributed by atoms with Crippen LogP contribution in [0.5, 0.6) is 0 Å². The lowest BCUT2D eigenvalue weighted by Crippen LogP contribution is -2.22. The molecule has 1 heterocycles. The van der Waals surface area contributed by atoms with E-state index in [9.17, 15) is 14.0 Å². The van der Waals surface area contributed by atoms with Crippen LogP contribution >= 0.6 is 0 Å². The fraction of sp³-hybridized carbons (Fsp3) is 0.100. The van der Waals surface area contributed by atoms with Crippen LogP contribution in [0.2, 0.25) is 0 Å². The van der Waals surface area contributed by atoms with Gasteiger partial charge in [0.25, 0.3) is 11.5 Å². The normalized spacial score (nSPS) is 10.5. The topological polar surface area (TPSA) is 51.1 Å². The van der Waals surface area contributed by atoms with Gasteiger partial charge < -0.3 is 9.88 Å². The van der Waals surface area contributed by atoms with Gasteiger partial charge in [-0.05, 0) is 42.3 Å². The number of rotatable bonds is 4. The van der Waals surface area contributed by atoms with Crippen molar-refractivity contribution in [3.63, 3.8) is 0 Å². The van der Waals surface area contributed by atoms with E-state index in [4.69, 9.17) is 0 Å². The first-order valence-corrected chi connectivity index (χ1v) is 7.85. The fourth-order valence-corrected chi connectivity index (χ4v) is 2.48. The highest BCUT2D eigenvalue weighted by molar-refractivity contribution is 6.04. The lowest BCUT2D eigenvalue weighted by Gasteiger charge is -2.10. The van der Waals surface area contributed by atoms with Crippen LogP contribution in [0.15, 0.2) is 71.7 Å². The Morgan fingerprint density at radius 3 is 2.48 bits per heavy atom. The van der Waals surface area contributed by atoms with Crippen molar-refractivity contribution in [1.29, 1.82) is 0 Å². The molecule has 2 aromatic carbocycles. The highest BCUT2D eigenvalue weighted by Gasteiger charge is 2.09. The summed E-state index contributed by atoms with van der Waals surface area (Å²) in [6, 6.07) is 16.2. The molecule has 0 spiro atoms. The van der Waals surface area contributed by atoms with Crippen LogP contribution in [-0.2, 0) is 6.54 Å². The molecule has 0 saturated heterocycles.